The van der Waals surface area contributed by atoms with Gasteiger partial charge >= 0.3 is 0 Å². The predicted octanol–water partition coefficient (Wildman–Crippen LogP) is 4.44. The SMILES string of the molecule is CC(C)c1cccc(C(C)C)c1N1CNC(Cc2ccccc2)C1=O. The molecule has 3 nitrogen and oxygen atoms in total. The molecule has 1 atom stereocenters. The molecular weight excluding hydrogens is 308 g/mol. The molecule has 2 aromatic carbocycles. The first-order valence-electron chi connectivity index (χ1n) is 9.20. The van der Waals surface area contributed by atoms with E-state index in [9.17, 15) is 4.79 Å². The van der Waals surface area contributed by atoms with Crippen molar-refractivity contribution < 1.29 is 4.79 Å². The van der Waals surface area contributed by atoms with Crippen LogP contribution in [0.2, 0.25) is 0 Å². The van der Waals surface area contributed by atoms with Crippen LogP contribution in [0.4, 0.5) is 5.69 Å². The number of nitrogens with zero attached hydrogens (tertiary/aromatic N) is 1. The Balaban J connectivity index is 1.91. The Kier molecular flexibility index (Phi) is 5.24. The molecule has 0 spiro atoms. The Morgan fingerprint density at radius 2 is 1.56 bits per heavy atom. The molecule has 132 valence electrons. The van der Waals surface area contributed by atoms with Gasteiger partial charge in [-0.1, -0.05) is 76.2 Å². The van der Waals surface area contributed by atoms with E-state index in [4.69, 9.17) is 0 Å². The molecule has 1 aliphatic heterocycles. The molecule has 1 amide bonds. The quantitative estimate of drug-likeness (QED) is 0.875. The summed E-state index contributed by atoms with van der Waals surface area (Å²) in [4.78, 5) is 15.1. The minimum absolute atomic E-state index is 0.150. The van der Waals surface area contributed by atoms with Gasteiger partial charge in [0.05, 0.1) is 18.4 Å². The Labute approximate surface area is 151 Å². The highest BCUT2D eigenvalue weighted by Gasteiger charge is 2.34. The van der Waals surface area contributed by atoms with E-state index in [2.05, 4.69) is 63.3 Å². The highest BCUT2D eigenvalue weighted by molar-refractivity contribution is 6.00. The number of carbonyl (C=O) groups is 1. The van der Waals surface area contributed by atoms with Crippen molar-refractivity contribution in [2.75, 3.05) is 11.6 Å². The molecule has 1 heterocycles. The minimum Gasteiger partial charge on any atom is -0.297 e. The van der Waals surface area contributed by atoms with E-state index in [1.165, 1.54) is 16.7 Å². The average molecular weight is 336 g/mol. The minimum atomic E-state index is -0.150. The number of carbonyl (C=O) groups excluding carboxylic acids is 1. The molecule has 1 fully saturated rings. The molecule has 25 heavy (non-hydrogen) atoms. The second-order valence-corrected chi connectivity index (χ2v) is 7.47. The summed E-state index contributed by atoms with van der Waals surface area (Å²) in [6.45, 7) is 9.35. The van der Waals surface area contributed by atoms with Crippen molar-refractivity contribution in [3.8, 4) is 0 Å². The molecule has 3 heteroatoms. The van der Waals surface area contributed by atoms with Gasteiger partial charge in [0.15, 0.2) is 0 Å². The number of hydrogen-bond acceptors (Lipinski definition) is 2. The maximum atomic E-state index is 13.1. The second kappa shape index (κ2) is 7.40. The number of amides is 1. The standard InChI is InChI=1S/C22H28N2O/c1-15(2)18-11-8-12-19(16(3)4)21(18)24-14-23-20(22(24)25)13-17-9-6-5-7-10-17/h5-12,15-16,20,23H,13-14H2,1-4H3. The zero-order valence-corrected chi connectivity index (χ0v) is 15.6. The van der Waals surface area contributed by atoms with Crippen LogP contribution in [0.25, 0.3) is 0 Å². The summed E-state index contributed by atoms with van der Waals surface area (Å²) in [5.74, 6) is 0.947. The molecule has 0 saturated carbocycles. The number of para-hydroxylation sites is 1. The van der Waals surface area contributed by atoms with Gasteiger partial charge in [-0.05, 0) is 34.9 Å². The second-order valence-electron chi connectivity index (χ2n) is 7.47. The van der Waals surface area contributed by atoms with E-state index in [-0.39, 0.29) is 11.9 Å². The number of rotatable bonds is 5. The van der Waals surface area contributed by atoms with Crippen molar-refractivity contribution in [3.63, 3.8) is 0 Å². The molecule has 0 aromatic heterocycles. The first kappa shape index (κ1) is 17.7. The molecule has 0 aliphatic carbocycles. The van der Waals surface area contributed by atoms with Crippen LogP contribution in [0.15, 0.2) is 48.5 Å². The summed E-state index contributed by atoms with van der Waals surface area (Å²) < 4.78 is 0. The molecule has 0 radical (unpaired) electrons. The summed E-state index contributed by atoms with van der Waals surface area (Å²) in [6.07, 6.45) is 0.733. The Bertz CT molecular complexity index is 711. The molecule has 3 rings (SSSR count). The topological polar surface area (TPSA) is 32.3 Å². The first-order chi connectivity index (χ1) is 12.0. The number of anilines is 1. The van der Waals surface area contributed by atoms with E-state index >= 15 is 0 Å². The molecular formula is C22H28N2O. The van der Waals surface area contributed by atoms with E-state index < -0.39 is 0 Å². The largest absolute Gasteiger partial charge is 0.297 e. The maximum Gasteiger partial charge on any atom is 0.245 e. The summed E-state index contributed by atoms with van der Waals surface area (Å²) in [7, 11) is 0. The zero-order chi connectivity index (χ0) is 18.0. The average Bonchev–Trinajstić information content (AvgIpc) is 2.95. The van der Waals surface area contributed by atoms with Gasteiger partial charge in [0.25, 0.3) is 0 Å². The van der Waals surface area contributed by atoms with Crippen LogP contribution in [0, 0.1) is 0 Å². The third kappa shape index (κ3) is 3.62. The van der Waals surface area contributed by atoms with Crippen LogP contribution in [0.3, 0.4) is 0 Å². The highest BCUT2D eigenvalue weighted by atomic mass is 16.2. The molecule has 0 bridgehead atoms. The van der Waals surface area contributed by atoms with Crippen LogP contribution in [-0.2, 0) is 11.2 Å². The fourth-order valence-electron chi connectivity index (χ4n) is 3.58. The summed E-state index contributed by atoms with van der Waals surface area (Å²) in [5, 5.41) is 3.41. The molecule has 2 aromatic rings. The fourth-order valence-corrected chi connectivity index (χ4v) is 3.58. The lowest BCUT2D eigenvalue weighted by Gasteiger charge is -2.26. The third-order valence-electron chi connectivity index (χ3n) is 4.95. The van der Waals surface area contributed by atoms with Gasteiger partial charge in [-0.25, -0.2) is 0 Å². The van der Waals surface area contributed by atoms with E-state index in [1.807, 2.05) is 23.1 Å². The summed E-state index contributed by atoms with van der Waals surface area (Å²) in [5.41, 5.74) is 4.81. The molecule has 1 saturated heterocycles. The fraction of sp³-hybridized carbons (Fsp3) is 0.409. The highest BCUT2D eigenvalue weighted by Crippen LogP contribution is 2.36. The van der Waals surface area contributed by atoms with E-state index in [0.717, 1.165) is 12.1 Å². The normalized spacial score (nSPS) is 17.8. The molecule has 1 aliphatic rings. The number of benzene rings is 2. The Morgan fingerprint density at radius 3 is 2.12 bits per heavy atom. The maximum absolute atomic E-state index is 13.1. The van der Waals surface area contributed by atoms with Gasteiger partial charge in [-0.3, -0.25) is 15.0 Å². The van der Waals surface area contributed by atoms with Crippen LogP contribution in [-0.4, -0.2) is 18.6 Å². The smallest absolute Gasteiger partial charge is 0.245 e. The molecule has 1 N–H and O–H groups in total. The van der Waals surface area contributed by atoms with Gasteiger partial charge in [0.1, 0.15) is 0 Å². The summed E-state index contributed by atoms with van der Waals surface area (Å²) >= 11 is 0. The van der Waals surface area contributed by atoms with Gasteiger partial charge in [-0.2, -0.15) is 0 Å². The van der Waals surface area contributed by atoms with Gasteiger partial charge in [0.2, 0.25) is 5.91 Å². The number of nitrogens with one attached hydrogen (secondary N) is 1. The lowest BCUT2D eigenvalue weighted by atomic mass is 9.92. The first-order valence-corrected chi connectivity index (χ1v) is 9.20. The van der Waals surface area contributed by atoms with Crippen molar-refractivity contribution in [1.29, 1.82) is 0 Å². The van der Waals surface area contributed by atoms with Gasteiger partial charge < -0.3 is 0 Å². The van der Waals surface area contributed by atoms with Gasteiger partial charge in [-0.15, -0.1) is 0 Å². The number of hydrogen-bond donors (Lipinski definition) is 1. The molecule has 1 unspecified atom stereocenters. The van der Waals surface area contributed by atoms with E-state index in [1.54, 1.807) is 0 Å². The van der Waals surface area contributed by atoms with Crippen molar-refractivity contribution in [1.82, 2.24) is 5.32 Å². The lowest BCUT2D eigenvalue weighted by molar-refractivity contribution is -0.118. The van der Waals surface area contributed by atoms with Crippen molar-refractivity contribution >= 4 is 11.6 Å². The predicted molar refractivity (Wildman–Crippen MR) is 104 cm³/mol. The van der Waals surface area contributed by atoms with Crippen LogP contribution >= 0.6 is 0 Å². The van der Waals surface area contributed by atoms with E-state index in [0.29, 0.717) is 18.5 Å². The Hall–Kier alpha value is -2.13. The Morgan fingerprint density at radius 1 is 0.960 bits per heavy atom. The van der Waals surface area contributed by atoms with Crippen molar-refractivity contribution in [3.05, 3.63) is 65.2 Å². The van der Waals surface area contributed by atoms with Crippen LogP contribution < -0.4 is 10.2 Å². The van der Waals surface area contributed by atoms with Crippen molar-refractivity contribution in [2.24, 2.45) is 0 Å². The van der Waals surface area contributed by atoms with Crippen molar-refractivity contribution in [2.45, 2.75) is 52.0 Å². The van der Waals surface area contributed by atoms with Crippen LogP contribution in [0.5, 0.6) is 0 Å². The zero-order valence-electron chi connectivity index (χ0n) is 15.6. The lowest BCUT2D eigenvalue weighted by Crippen LogP contribution is -2.33. The summed E-state index contributed by atoms with van der Waals surface area (Å²) in [6, 6.07) is 16.5. The monoisotopic (exact) mass is 336 g/mol. The van der Waals surface area contributed by atoms with Crippen LogP contribution in [0.1, 0.15) is 56.2 Å². The van der Waals surface area contributed by atoms with Gasteiger partial charge in [0, 0.05) is 0 Å². The third-order valence-corrected chi connectivity index (χ3v) is 4.95.